The summed E-state index contributed by atoms with van der Waals surface area (Å²) in [5, 5.41) is 8.27. The summed E-state index contributed by atoms with van der Waals surface area (Å²) in [5.74, 6) is -0.626. The Morgan fingerprint density at radius 3 is 2.67 bits per heavy atom. The summed E-state index contributed by atoms with van der Waals surface area (Å²) in [4.78, 5) is 10.9. The van der Waals surface area contributed by atoms with Crippen molar-refractivity contribution in [2.75, 3.05) is 13.4 Å². The third-order valence-corrected chi connectivity index (χ3v) is 1.37. The molecule has 12 heavy (non-hydrogen) atoms. The van der Waals surface area contributed by atoms with Gasteiger partial charge in [-0.15, -0.1) is 0 Å². The summed E-state index contributed by atoms with van der Waals surface area (Å²) < 4.78 is 9.40. The van der Waals surface area contributed by atoms with E-state index in [1.165, 1.54) is 0 Å². The molecule has 4 nitrogen and oxygen atoms in total. The summed E-state index contributed by atoms with van der Waals surface area (Å²) in [6.07, 6.45) is -0.367. The van der Waals surface area contributed by atoms with Gasteiger partial charge in [0.25, 0.3) is 0 Å². The third kappa shape index (κ3) is 3.50. The van der Waals surface area contributed by atoms with Crippen molar-refractivity contribution in [2.45, 2.75) is 20.0 Å². The first kappa shape index (κ1) is 11.1. The van der Waals surface area contributed by atoms with Crippen LogP contribution in [0.2, 0.25) is 0 Å². The van der Waals surface area contributed by atoms with Gasteiger partial charge in [-0.3, -0.25) is 0 Å². The Kier molecular flexibility index (Phi) is 5.32. The van der Waals surface area contributed by atoms with Crippen molar-refractivity contribution in [1.29, 1.82) is 0 Å². The number of ether oxygens (including phenoxy) is 2. The Morgan fingerprint density at radius 1 is 1.67 bits per heavy atom. The molecule has 0 saturated heterocycles. The largest absolute Gasteiger partial charge is 0.435 e. The monoisotopic (exact) mass is 174 g/mol. The second-order valence-electron chi connectivity index (χ2n) is 2.18. The maximum absolute atomic E-state index is 10.9. The van der Waals surface area contributed by atoms with E-state index in [9.17, 15) is 4.79 Å². The number of hydrogen-bond acceptors (Lipinski definition) is 4. The van der Waals surface area contributed by atoms with E-state index in [-0.39, 0.29) is 11.7 Å². The second kappa shape index (κ2) is 5.74. The second-order valence-corrected chi connectivity index (χ2v) is 2.18. The SMILES string of the molecule is C=C(C(=O)OCO)C(C)OCC. The predicted molar refractivity (Wildman–Crippen MR) is 43.4 cm³/mol. The molecule has 0 heterocycles. The highest BCUT2D eigenvalue weighted by atomic mass is 16.6. The molecule has 0 aliphatic rings. The Hall–Kier alpha value is -0.870. The molecule has 1 atom stereocenters. The molecule has 1 N–H and O–H groups in total. The molecule has 0 spiro atoms. The molecule has 0 aliphatic heterocycles. The summed E-state index contributed by atoms with van der Waals surface area (Å²) in [7, 11) is 0. The Balaban J connectivity index is 3.91. The number of hydrogen-bond donors (Lipinski definition) is 1. The highest BCUT2D eigenvalue weighted by molar-refractivity contribution is 5.88. The van der Waals surface area contributed by atoms with Gasteiger partial charge in [-0.1, -0.05) is 6.58 Å². The lowest BCUT2D eigenvalue weighted by Crippen LogP contribution is -2.20. The Labute approximate surface area is 71.8 Å². The zero-order valence-electron chi connectivity index (χ0n) is 7.37. The number of aliphatic hydroxyl groups is 1. The number of carbonyl (C=O) groups is 1. The topological polar surface area (TPSA) is 55.8 Å². The lowest BCUT2D eigenvalue weighted by atomic mass is 10.2. The van der Waals surface area contributed by atoms with Gasteiger partial charge >= 0.3 is 5.97 Å². The molecule has 0 radical (unpaired) electrons. The van der Waals surface area contributed by atoms with Crippen molar-refractivity contribution in [3.8, 4) is 0 Å². The molecule has 4 heteroatoms. The van der Waals surface area contributed by atoms with Crippen LogP contribution in [0.1, 0.15) is 13.8 Å². The highest BCUT2D eigenvalue weighted by Gasteiger charge is 2.15. The lowest BCUT2D eigenvalue weighted by Gasteiger charge is -2.12. The van der Waals surface area contributed by atoms with E-state index >= 15 is 0 Å². The van der Waals surface area contributed by atoms with Gasteiger partial charge in [0.1, 0.15) is 0 Å². The van der Waals surface area contributed by atoms with E-state index in [0.717, 1.165) is 0 Å². The van der Waals surface area contributed by atoms with E-state index < -0.39 is 12.8 Å². The third-order valence-electron chi connectivity index (χ3n) is 1.37. The first-order chi connectivity index (χ1) is 5.63. The first-order valence-electron chi connectivity index (χ1n) is 3.71. The van der Waals surface area contributed by atoms with Crippen LogP contribution in [-0.2, 0) is 14.3 Å². The number of carbonyl (C=O) groups excluding carboxylic acids is 1. The van der Waals surface area contributed by atoms with Gasteiger partial charge < -0.3 is 14.6 Å². The molecule has 0 rings (SSSR count). The molecule has 70 valence electrons. The van der Waals surface area contributed by atoms with E-state index in [1.807, 2.05) is 6.92 Å². The molecule has 0 bridgehead atoms. The van der Waals surface area contributed by atoms with Crippen LogP contribution in [0.15, 0.2) is 12.2 Å². The highest BCUT2D eigenvalue weighted by Crippen LogP contribution is 2.05. The zero-order chi connectivity index (χ0) is 9.56. The van der Waals surface area contributed by atoms with Crippen LogP contribution >= 0.6 is 0 Å². The number of esters is 1. The summed E-state index contributed by atoms with van der Waals surface area (Å²) in [6.45, 7) is 6.88. The molecule has 0 fully saturated rings. The minimum atomic E-state index is -0.628. The van der Waals surface area contributed by atoms with Crippen molar-refractivity contribution in [3.05, 3.63) is 12.2 Å². The molecule has 0 amide bonds. The molecule has 0 aromatic rings. The van der Waals surface area contributed by atoms with Crippen LogP contribution < -0.4 is 0 Å². The van der Waals surface area contributed by atoms with Crippen LogP contribution in [-0.4, -0.2) is 30.6 Å². The first-order valence-corrected chi connectivity index (χ1v) is 3.71. The van der Waals surface area contributed by atoms with Crippen molar-refractivity contribution < 1.29 is 19.4 Å². The Morgan fingerprint density at radius 2 is 2.25 bits per heavy atom. The number of aliphatic hydroxyl groups excluding tert-OH is 1. The van der Waals surface area contributed by atoms with E-state index in [0.29, 0.717) is 6.61 Å². The predicted octanol–water partition coefficient (Wildman–Crippen LogP) is 0.461. The average Bonchev–Trinajstić information content (AvgIpc) is 2.04. The van der Waals surface area contributed by atoms with Gasteiger partial charge in [0.2, 0.25) is 0 Å². The van der Waals surface area contributed by atoms with Crippen LogP contribution in [0.4, 0.5) is 0 Å². The summed E-state index contributed by atoms with van der Waals surface area (Å²) in [6, 6.07) is 0. The van der Waals surface area contributed by atoms with Crippen LogP contribution in [0.3, 0.4) is 0 Å². The van der Waals surface area contributed by atoms with Gasteiger partial charge in [-0.2, -0.15) is 0 Å². The molecular formula is C8H14O4. The minimum absolute atomic E-state index is 0.214. The van der Waals surface area contributed by atoms with Gasteiger partial charge in [0.15, 0.2) is 6.79 Å². The summed E-state index contributed by atoms with van der Waals surface area (Å²) in [5.41, 5.74) is 0.214. The van der Waals surface area contributed by atoms with Gasteiger partial charge in [0, 0.05) is 6.61 Å². The standard InChI is InChI=1S/C8H14O4/c1-4-11-7(3)6(2)8(10)12-5-9/h7,9H,2,4-5H2,1,3H3. The van der Waals surface area contributed by atoms with Crippen molar-refractivity contribution >= 4 is 5.97 Å². The van der Waals surface area contributed by atoms with E-state index in [4.69, 9.17) is 9.84 Å². The number of rotatable bonds is 5. The zero-order valence-corrected chi connectivity index (χ0v) is 7.37. The molecule has 0 aromatic heterocycles. The normalized spacial score (nSPS) is 12.2. The molecular weight excluding hydrogens is 160 g/mol. The molecule has 1 unspecified atom stereocenters. The average molecular weight is 174 g/mol. The van der Waals surface area contributed by atoms with Crippen LogP contribution in [0.25, 0.3) is 0 Å². The van der Waals surface area contributed by atoms with Crippen molar-refractivity contribution in [3.63, 3.8) is 0 Å². The van der Waals surface area contributed by atoms with Gasteiger partial charge in [-0.25, -0.2) is 4.79 Å². The Bertz CT molecular complexity index is 164. The fourth-order valence-corrected chi connectivity index (χ4v) is 0.668. The maximum Gasteiger partial charge on any atom is 0.338 e. The van der Waals surface area contributed by atoms with Crippen LogP contribution in [0.5, 0.6) is 0 Å². The van der Waals surface area contributed by atoms with Gasteiger partial charge in [-0.05, 0) is 13.8 Å². The van der Waals surface area contributed by atoms with Gasteiger partial charge in [0.05, 0.1) is 11.7 Å². The van der Waals surface area contributed by atoms with Crippen molar-refractivity contribution in [1.82, 2.24) is 0 Å². The summed E-state index contributed by atoms with van der Waals surface area (Å²) >= 11 is 0. The lowest BCUT2D eigenvalue weighted by molar-refractivity contribution is -0.148. The maximum atomic E-state index is 10.9. The van der Waals surface area contributed by atoms with E-state index in [1.54, 1.807) is 6.92 Å². The fourth-order valence-electron chi connectivity index (χ4n) is 0.668. The molecule has 0 aromatic carbocycles. The molecule has 0 saturated carbocycles. The van der Waals surface area contributed by atoms with E-state index in [2.05, 4.69) is 11.3 Å². The quantitative estimate of drug-likeness (QED) is 0.374. The minimum Gasteiger partial charge on any atom is -0.435 e. The smallest absolute Gasteiger partial charge is 0.338 e. The van der Waals surface area contributed by atoms with Crippen LogP contribution in [0, 0.1) is 0 Å². The molecule has 0 aliphatic carbocycles. The fraction of sp³-hybridized carbons (Fsp3) is 0.625. The van der Waals surface area contributed by atoms with Crippen molar-refractivity contribution in [2.24, 2.45) is 0 Å².